The number of carbonyl (C=O) groups excluding carboxylic acids is 3. The molecule has 3 rings (SSSR count). The van der Waals surface area contributed by atoms with Crippen LogP contribution in [0.25, 0.3) is 0 Å². The van der Waals surface area contributed by atoms with Crippen LogP contribution in [0.2, 0.25) is 0 Å². The minimum Gasteiger partial charge on any atom is -0.336 e. The van der Waals surface area contributed by atoms with Crippen LogP contribution in [-0.4, -0.2) is 70.8 Å². The van der Waals surface area contributed by atoms with Gasteiger partial charge in [0, 0.05) is 44.8 Å². The number of likely N-dealkylation sites (tertiary alicyclic amines) is 1. The van der Waals surface area contributed by atoms with E-state index in [1.54, 1.807) is 9.80 Å². The smallest absolute Gasteiger partial charge is 0.317 e. The number of piperidine rings is 1. The van der Waals surface area contributed by atoms with Crippen LogP contribution in [-0.2, 0) is 16.1 Å². The molecule has 158 valence electrons. The fourth-order valence-corrected chi connectivity index (χ4v) is 3.89. The van der Waals surface area contributed by atoms with Crippen molar-refractivity contribution in [2.75, 3.05) is 26.2 Å². The summed E-state index contributed by atoms with van der Waals surface area (Å²) >= 11 is 0. The van der Waals surface area contributed by atoms with Gasteiger partial charge in [-0.15, -0.1) is 0 Å². The Hall–Kier alpha value is -2.57. The molecule has 7 heteroatoms. The van der Waals surface area contributed by atoms with E-state index >= 15 is 0 Å². The Labute approximate surface area is 173 Å². The Balaban J connectivity index is 1.52. The molecule has 0 aliphatic carbocycles. The highest BCUT2D eigenvalue weighted by Crippen LogP contribution is 2.21. The van der Waals surface area contributed by atoms with Gasteiger partial charge in [-0.05, 0) is 38.7 Å². The van der Waals surface area contributed by atoms with E-state index < -0.39 is 11.8 Å². The number of rotatable bonds is 5. The zero-order valence-electron chi connectivity index (χ0n) is 17.7. The van der Waals surface area contributed by atoms with Crippen molar-refractivity contribution in [3.63, 3.8) is 0 Å². The summed E-state index contributed by atoms with van der Waals surface area (Å²) in [6.07, 6.45) is 2.32. The van der Waals surface area contributed by atoms with Crippen LogP contribution in [0.5, 0.6) is 0 Å². The summed E-state index contributed by atoms with van der Waals surface area (Å²) in [5.74, 6) is -0.834. The molecule has 2 heterocycles. The molecular weight excluding hydrogens is 368 g/mol. The van der Waals surface area contributed by atoms with Gasteiger partial charge in [-0.2, -0.15) is 0 Å². The van der Waals surface area contributed by atoms with Crippen molar-refractivity contribution in [2.45, 2.75) is 58.7 Å². The number of nitrogens with zero attached hydrogens (tertiary/aromatic N) is 3. The summed E-state index contributed by atoms with van der Waals surface area (Å²) in [4.78, 5) is 42.8. The lowest BCUT2D eigenvalue weighted by Gasteiger charge is -2.42. The van der Waals surface area contributed by atoms with E-state index in [1.807, 2.05) is 49.9 Å². The Kier molecular flexibility index (Phi) is 6.77. The Morgan fingerprint density at radius 3 is 2.34 bits per heavy atom. The average molecular weight is 401 g/mol. The highest BCUT2D eigenvalue weighted by molar-refractivity contribution is 6.35. The van der Waals surface area contributed by atoms with Gasteiger partial charge in [0.05, 0.1) is 0 Å². The van der Waals surface area contributed by atoms with Crippen molar-refractivity contribution in [3.8, 4) is 0 Å². The maximum atomic E-state index is 12.7. The van der Waals surface area contributed by atoms with Gasteiger partial charge in [0.25, 0.3) is 0 Å². The summed E-state index contributed by atoms with van der Waals surface area (Å²) in [7, 11) is 0. The standard InChI is InChI=1S/C22H32N4O3/c1-4-17(3)23-22(29)24-11-9-19(10-12-24)26-14-13-25(20(27)21(26)28)15-18-7-5-16(2)6-8-18/h5-8,17,19H,4,9-15H2,1-3H3,(H,23,29)/t17-/m0/s1. The van der Waals surface area contributed by atoms with Gasteiger partial charge >= 0.3 is 17.8 Å². The van der Waals surface area contributed by atoms with Crippen molar-refractivity contribution in [1.82, 2.24) is 20.0 Å². The maximum Gasteiger partial charge on any atom is 0.317 e. The third kappa shape index (κ3) is 5.08. The molecule has 0 aromatic heterocycles. The van der Waals surface area contributed by atoms with Crippen molar-refractivity contribution in [1.29, 1.82) is 0 Å². The molecule has 0 spiro atoms. The van der Waals surface area contributed by atoms with Crippen molar-refractivity contribution in [3.05, 3.63) is 35.4 Å². The minimum atomic E-state index is -0.422. The summed E-state index contributed by atoms with van der Waals surface area (Å²) in [5, 5.41) is 2.99. The first kappa shape index (κ1) is 21.1. The summed E-state index contributed by atoms with van der Waals surface area (Å²) in [5.41, 5.74) is 2.20. The number of hydrogen-bond acceptors (Lipinski definition) is 3. The summed E-state index contributed by atoms with van der Waals surface area (Å²) < 4.78 is 0. The molecule has 1 atom stereocenters. The van der Waals surface area contributed by atoms with Crippen LogP contribution < -0.4 is 5.32 Å². The zero-order valence-corrected chi connectivity index (χ0v) is 17.7. The molecule has 0 bridgehead atoms. The number of piperazine rings is 1. The number of urea groups is 1. The molecule has 1 aromatic carbocycles. The zero-order chi connectivity index (χ0) is 21.0. The van der Waals surface area contributed by atoms with Crippen LogP contribution in [0.15, 0.2) is 24.3 Å². The Morgan fingerprint density at radius 2 is 1.72 bits per heavy atom. The minimum absolute atomic E-state index is 0.0284. The molecule has 2 aliphatic heterocycles. The predicted molar refractivity (Wildman–Crippen MR) is 111 cm³/mol. The van der Waals surface area contributed by atoms with Crippen molar-refractivity contribution < 1.29 is 14.4 Å². The number of benzene rings is 1. The molecule has 0 radical (unpaired) electrons. The first-order valence-electron chi connectivity index (χ1n) is 10.6. The molecule has 29 heavy (non-hydrogen) atoms. The number of hydrogen-bond donors (Lipinski definition) is 1. The largest absolute Gasteiger partial charge is 0.336 e. The lowest BCUT2D eigenvalue weighted by Crippen LogP contribution is -2.59. The fourth-order valence-electron chi connectivity index (χ4n) is 3.89. The van der Waals surface area contributed by atoms with Crippen LogP contribution >= 0.6 is 0 Å². The number of nitrogens with one attached hydrogen (secondary N) is 1. The van der Waals surface area contributed by atoms with Crippen molar-refractivity contribution >= 4 is 17.8 Å². The molecule has 2 fully saturated rings. The second kappa shape index (κ2) is 9.29. The van der Waals surface area contributed by atoms with Crippen LogP contribution in [0.3, 0.4) is 0 Å². The topological polar surface area (TPSA) is 73.0 Å². The third-order valence-electron chi connectivity index (χ3n) is 6.01. The van der Waals surface area contributed by atoms with Crippen LogP contribution in [0.4, 0.5) is 4.79 Å². The van der Waals surface area contributed by atoms with E-state index in [1.165, 1.54) is 5.56 Å². The lowest BCUT2D eigenvalue weighted by atomic mass is 10.0. The third-order valence-corrected chi connectivity index (χ3v) is 6.01. The first-order chi connectivity index (χ1) is 13.9. The van der Waals surface area contributed by atoms with Crippen molar-refractivity contribution in [2.24, 2.45) is 0 Å². The fraction of sp³-hybridized carbons (Fsp3) is 0.591. The van der Waals surface area contributed by atoms with Gasteiger partial charge in [0.15, 0.2) is 0 Å². The molecule has 1 N–H and O–H groups in total. The van der Waals surface area contributed by atoms with Gasteiger partial charge in [0.2, 0.25) is 0 Å². The van der Waals surface area contributed by atoms with E-state index in [0.717, 1.165) is 12.0 Å². The normalized spacial score (nSPS) is 19.5. The predicted octanol–water partition coefficient (Wildman–Crippen LogP) is 2.14. The van der Waals surface area contributed by atoms with Crippen LogP contribution in [0.1, 0.15) is 44.2 Å². The van der Waals surface area contributed by atoms with Gasteiger partial charge in [-0.1, -0.05) is 36.8 Å². The molecular formula is C22H32N4O3. The van der Waals surface area contributed by atoms with E-state index in [9.17, 15) is 14.4 Å². The van der Waals surface area contributed by atoms with E-state index in [4.69, 9.17) is 0 Å². The molecule has 1 aromatic rings. The molecule has 7 nitrogen and oxygen atoms in total. The molecule has 0 unspecified atom stereocenters. The number of carbonyl (C=O) groups is 3. The van der Waals surface area contributed by atoms with Gasteiger partial charge in [0.1, 0.15) is 0 Å². The number of aryl methyl sites for hydroxylation is 1. The van der Waals surface area contributed by atoms with E-state index in [2.05, 4.69) is 5.32 Å². The lowest BCUT2D eigenvalue weighted by molar-refractivity contribution is -0.158. The average Bonchev–Trinajstić information content (AvgIpc) is 2.73. The summed E-state index contributed by atoms with van der Waals surface area (Å²) in [6.45, 7) is 8.84. The SMILES string of the molecule is CC[C@H](C)NC(=O)N1CCC(N2CCN(Cc3ccc(C)cc3)C(=O)C2=O)CC1. The van der Waals surface area contributed by atoms with Gasteiger partial charge in [-0.25, -0.2) is 4.79 Å². The Morgan fingerprint density at radius 1 is 1.07 bits per heavy atom. The Bertz CT molecular complexity index is 741. The van der Waals surface area contributed by atoms with Gasteiger partial charge in [-0.3, -0.25) is 9.59 Å². The highest BCUT2D eigenvalue weighted by Gasteiger charge is 2.38. The number of amides is 4. The maximum absolute atomic E-state index is 12.7. The molecule has 4 amide bonds. The monoisotopic (exact) mass is 400 g/mol. The second-order valence-corrected chi connectivity index (χ2v) is 8.19. The summed E-state index contributed by atoms with van der Waals surface area (Å²) in [6, 6.07) is 8.18. The molecule has 2 saturated heterocycles. The van der Waals surface area contributed by atoms with Crippen LogP contribution in [0, 0.1) is 6.92 Å². The quantitative estimate of drug-likeness (QED) is 0.770. The van der Waals surface area contributed by atoms with E-state index in [-0.39, 0.29) is 18.1 Å². The van der Waals surface area contributed by atoms with Gasteiger partial charge < -0.3 is 20.0 Å². The highest BCUT2D eigenvalue weighted by atomic mass is 16.2. The molecule has 0 saturated carbocycles. The molecule has 2 aliphatic rings. The first-order valence-corrected chi connectivity index (χ1v) is 10.6. The van der Waals surface area contributed by atoms with E-state index in [0.29, 0.717) is 45.6 Å². The second-order valence-electron chi connectivity index (χ2n) is 8.19.